The second-order valence-electron chi connectivity index (χ2n) is 5.43. The number of benzene rings is 2. The number of aromatic amines is 1. The summed E-state index contributed by atoms with van der Waals surface area (Å²) in [5.74, 6) is 0.691. The molecule has 0 aliphatic carbocycles. The summed E-state index contributed by atoms with van der Waals surface area (Å²) in [4.78, 5) is 12.0. The molecule has 24 heavy (non-hydrogen) atoms. The fourth-order valence-corrected chi connectivity index (χ4v) is 3.93. The number of amidine groups is 1. The number of aromatic nitrogens is 2. The molecule has 2 heterocycles. The van der Waals surface area contributed by atoms with E-state index in [1.54, 1.807) is 30.3 Å². The molecule has 4 rings (SSSR count). The van der Waals surface area contributed by atoms with Gasteiger partial charge in [0.2, 0.25) is 0 Å². The lowest BCUT2D eigenvalue weighted by atomic mass is 10.2. The zero-order valence-corrected chi connectivity index (χ0v) is 13.3. The van der Waals surface area contributed by atoms with Gasteiger partial charge in [-0.2, -0.15) is 0 Å². The third-order valence-corrected chi connectivity index (χ3v) is 5.17. The summed E-state index contributed by atoms with van der Waals surface area (Å²) in [6, 6.07) is 11.1. The van der Waals surface area contributed by atoms with E-state index >= 15 is 0 Å². The molecule has 0 saturated heterocycles. The van der Waals surface area contributed by atoms with Gasteiger partial charge in [0.05, 0.1) is 15.9 Å². The molecule has 3 aromatic rings. The number of fused-ring (bicyclic) bond motifs is 2. The molecule has 0 atom stereocenters. The molecule has 0 unspecified atom stereocenters. The maximum atomic E-state index is 13.2. The largest absolute Gasteiger partial charge is 0.342 e. The van der Waals surface area contributed by atoms with Crippen LogP contribution in [0, 0.1) is 5.82 Å². The lowest BCUT2D eigenvalue weighted by Crippen LogP contribution is -2.22. The number of H-pyrrole nitrogens is 1. The van der Waals surface area contributed by atoms with Crippen molar-refractivity contribution in [2.75, 3.05) is 6.54 Å². The van der Waals surface area contributed by atoms with Crippen LogP contribution in [0.25, 0.3) is 11.0 Å². The zero-order valence-electron chi connectivity index (χ0n) is 12.5. The Bertz CT molecular complexity index is 1070. The van der Waals surface area contributed by atoms with Gasteiger partial charge in [-0.25, -0.2) is 17.8 Å². The van der Waals surface area contributed by atoms with E-state index in [1.165, 1.54) is 12.1 Å². The maximum Gasteiger partial charge on any atom is 0.263 e. The van der Waals surface area contributed by atoms with Crippen LogP contribution in [0.3, 0.4) is 0 Å². The molecular formula is C16H13FN4O2S. The van der Waals surface area contributed by atoms with Crippen LogP contribution in [-0.2, 0) is 16.4 Å². The van der Waals surface area contributed by atoms with Crippen molar-refractivity contribution in [3.63, 3.8) is 0 Å². The number of hydrogen-bond acceptors (Lipinski definition) is 4. The molecule has 0 amide bonds. The highest BCUT2D eigenvalue weighted by Gasteiger charge is 2.29. The van der Waals surface area contributed by atoms with Gasteiger partial charge in [0, 0.05) is 18.5 Å². The molecule has 0 radical (unpaired) electrons. The fraction of sp³-hybridized carbons (Fsp3) is 0.125. The summed E-state index contributed by atoms with van der Waals surface area (Å²) in [5, 5.41) is 0. The molecule has 1 aliphatic rings. The van der Waals surface area contributed by atoms with Crippen molar-refractivity contribution in [3.05, 3.63) is 59.7 Å². The molecular weight excluding hydrogens is 331 g/mol. The van der Waals surface area contributed by atoms with Gasteiger partial charge in [0.1, 0.15) is 17.5 Å². The highest BCUT2D eigenvalue weighted by atomic mass is 32.2. The van der Waals surface area contributed by atoms with Gasteiger partial charge >= 0.3 is 0 Å². The van der Waals surface area contributed by atoms with E-state index in [1.807, 2.05) is 0 Å². The highest BCUT2D eigenvalue weighted by molar-refractivity contribution is 7.90. The smallest absolute Gasteiger partial charge is 0.263 e. The second kappa shape index (κ2) is 5.41. The number of hydrogen-bond donors (Lipinski definition) is 2. The topological polar surface area (TPSA) is 87.2 Å². The first-order valence-electron chi connectivity index (χ1n) is 7.34. The van der Waals surface area contributed by atoms with Crippen molar-refractivity contribution in [2.45, 2.75) is 11.3 Å². The summed E-state index contributed by atoms with van der Waals surface area (Å²) in [7, 11) is -3.52. The third kappa shape index (κ3) is 2.54. The SMILES string of the molecule is O=S1(=O)NC(=NCCc2nc3ccc(F)cc3[nH]2)c2ccccc21. The van der Waals surface area contributed by atoms with E-state index in [4.69, 9.17) is 0 Å². The first-order valence-corrected chi connectivity index (χ1v) is 8.82. The molecule has 8 heteroatoms. The first kappa shape index (κ1) is 14.8. The molecule has 6 nitrogen and oxygen atoms in total. The summed E-state index contributed by atoms with van der Waals surface area (Å²) in [6.07, 6.45) is 0.490. The lowest BCUT2D eigenvalue weighted by molar-refractivity contribution is 0.595. The summed E-state index contributed by atoms with van der Waals surface area (Å²) < 4.78 is 39.6. The Kier molecular flexibility index (Phi) is 3.34. The fourth-order valence-electron chi connectivity index (χ4n) is 2.68. The highest BCUT2D eigenvalue weighted by Crippen LogP contribution is 2.22. The third-order valence-electron chi connectivity index (χ3n) is 3.77. The van der Waals surface area contributed by atoms with E-state index in [0.29, 0.717) is 41.2 Å². The normalized spacial score (nSPS) is 17.1. The standard InChI is InChI=1S/C16H13FN4O2S/c17-10-5-6-12-13(9-10)20-15(19-12)7-8-18-16-11-3-1-2-4-14(11)24(22,23)21-16/h1-6,9H,7-8H2,(H,18,21)(H,19,20). The van der Waals surface area contributed by atoms with Crippen molar-refractivity contribution in [3.8, 4) is 0 Å². The van der Waals surface area contributed by atoms with E-state index in [2.05, 4.69) is 19.7 Å². The number of rotatable bonds is 3. The number of sulfonamides is 1. The van der Waals surface area contributed by atoms with Gasteiger partial charge in [0.25, 0.3) is 10.0 Å². The minimum absolute atomic E-state index is 0.239. The van der Waals surface area contributed by atoms with E-state index in [0.717, 1.165) is 0 Å². The average molecular weight is 344 g/mol. The monoisotopic (exact) mass is 344 g/mol. The molecule has 2 aromatic carbocycles. The zero-order chi connectivity index (χ0) is 16.7. The second-order valence-corrected chi connectivity index (χ2v) is 7.08. The molecule has 0 saturated carbocycles. The minimum atomic E-state index is -3.52. The predicted molar refractivity (Wildman–Crippen MR) is 87.9 cm³/mol. The average Bonchev–Trinajstić information content (AvgIpc) is 3.06. The molecule has 1 aliphatic heterocycles. The van der Waals surface area contributed by atoms with Gasteiger partial charge in [-0.1, -0.05) is 12.1 Å². The van der Waals surface area contributed by atoms with Gasteiger partial charge in [0.15, 0.2) is 0 Å². The number of aliphatic imine (C=N–C) groups is 1. The van der Waals surface area contributed by atoms with Crippen LogP contribution in [0.1, 0.15) is 11.4 Å². The van der Waals surface area contributed by atoms with Gasteiger partial charge in [-0.05, 0) is 30.3 Å². The molecule has 2 N–H and O–H groups in total. The van der Waals surface area contributed by atoms with Crippen molar-refractivity contribution < 1.29 is 12.8 Å². The van der Waals surface area contributed by atoms with Crippen LogP contribution in [0.4, 0.5) is 4.39 Å². The van der Waals surface area contributed by atoms with E-state index < -0.39 is 10.0 Å². The van der Waals surface area contributed by atoms with Crippen LogP contribution in [0.15, 0.2) is 52.4 Å². The van der Waals surface area contributed by atoms with Crippen LogP contribution in [0.5, 0.6) is 0 Å². The van der Waals surface area contributed by atoms with Crippen LogP contribution >= 0.6 is 0 Å². The Hall–Kier alpha value is -2.74. The predicted octanol–water partition coefficient (Wildman–Crippen LogP) is 1.98. The van der Waals surface area contributed by atoms with Crippen LogP contribution in [-0.4, -0.2) is 30.8 Å². The Morgan fingerprint density at radius 1 is 1.17 bits per heavy atom. The van der Waals surface area contributed by atoms with E-state index in [9.17, 15) is 12.8 Å². The minimum Gasteiger partial charge on any atom is -0.342 e. The molecule has 0 spiro atoms. The molecule has 0 bridgehead atoms. The Morgan fingerprint density at radius 3 is 2.88 bits per heavy atom. The van der Waals surface area contributed by atoms with Gasteiger partial charge < -0.3 is 4.98 Å². The van der Waals surface area contributed by atoms with Crippen LogP contribution in [0.2, 0.25) is 0 Å². The Balaban J connectivity index is 1.55. The summed E-state index contributed by atoms with van der Waals surface area (Å²) >= 11 is 0. The van der Waals surface area contributed by atoms with Crippen molar-refractivity contribution in [1.82, 2.24) is 14.7 Å². The first-order chi connectivity index (χ1) is 11.5. The quantitative estimate of drug-likeness (QED) is 0.762. The molecule has 1 aromatic heterocycles. The van der Waals surface area contributed by atoms with E-state index in [-0.39, 0.29) is 10.7 Å². The maximum absolute atomic E-state index is 13.2. The van der Waals surface area contributed by atoms with Gasteiger partial charge in [-0.3, -0.25) is 9.71 Å². The number of nitrogens with one attached hydrogen (secondary N) is 2. The number of halogens is 1. The lowest BCUT2D eigenvalue weighted by Gasteiger charge is -1.98. The van der Waals surface area contributed by atoms with Crippen molar-refractivity contribution in [1.29, 1.82) is 0 Å². The number of nitrogens with zero attached hydrogens (tertiary/aromatic N) is 2. The summed E-state index contributed by atoms with van der Waals surface area (Å²) in [6.45, 7) is 0.356. The molecule has 122 valence electrons. The Morgan fingerprint density at radius 2 is 2.00 bits per heavy atom. The van der Waals surface area contributed by atoms with Crippen molar-refractivity contribution in [2.24, 2.45) is 4.99 Å². The summed E-state index contributed by atoms with van der Waals surface area (Å²) in [5.41, 5.74) is 1.89. The Labute approximate surface area is 137 Å². The number of imidazole rings is 1. The van der Waals surface area contributed by atoms with Crippen molar-refractivity contribution >= 4 is 26.9 Å². The molecule has 0 fully saturated rings. The van der Waals surface area contributed by atoms with Crippen LogP contribution < -0.4 is 4.72 Å². The van der Waals surface area contributed by atoms with Gasteiger partial charge in [-0.15, -0.1) is 0 Å².